The van der Waals surface area contributed by atoms with E-state index in [1.165, 1.54) is 143 Å². The summed E-state index contributed by atoms with van der Waals surface area (Å²) < 4.78 is 0. The van der Waals surface area contributed by atoms with Gasteiger partial charge in [-0.15, -0.1) is 0 Å². The smallest absolute Gasteiger partial charge is 0.0610 e. The van der Waals surface area contributed by atoms with Gasteiger partial charge in [0.1, 0.15) is 0 Å². The van der Waals surface area contributed by atoms with Gasteiger partial charge in [0.05, 0.1) is 5.41 Å². The van der Waals surface area contributed by atoms with Crippen LogP contribution in [0.4, 0.5) is 0 Å². The van der Waals surface area contributed by atoms with Gasteiger partial charge in [0.25, 0.3) is 0 Å². The van der Waals surface area contributed by atoms with Gasteiger partial charge in [-0.3, -0.25) is 0 Å². The molecule has 2 aliphatic carbocycles. The highest BCUT2D eigenvalue weighted by Gasteiger charge is 2.52. The average molecular weight is 745 g/mol. The molecule has 0 bridgehead atoms. The van der Waals surface area contributed by atoms with Crippen LogP contribution in [0.2, 0.25) is 0 Å². The summed E-state index contributed by atoms with van der Waals surface area (Å²) in [6.45, 7) is 4.46. The third kappa shape index (κ3) is 3.94. The van der Waals surface area contributed by atoms with Crippen LogP contribution >= 0.6 is 0 Å². The number of aryl methyl sites for hydroxylation is 2. The van der Waals surface area contributed by atoms with Gasteiger partial charge in [-0.25, -0.2) is 0 Å². The van der Waals surface area contributed by atoms with Crippen LogP contribution in [0, 0.1) is 13.8 Å². The van der Waals surface area contributed by atoms with Crippen LogP contribution in [-0.2, 0) is 5.41 Å². The molecule has 0 atom stereocenters. The van der Waals surface area contributed by atoms with Crippen LogP contribution in [0.3, 0.4) is 0 Å². The molecule has 12 aromatic carbocycles. The quantitative estimate of drug-likeness (QED) is 0.155. The largest absolute Gasteiger partial charge is 0.0725 e. The highest BCUT2D eigenvalue weighted by atomic mass is 14.5. The molecular formula is C59H36. The fraction of sp³-hybridized carbons (Fsp3) is 0.0508. The molecule has 0 saturated carbocycles. The van der Waals surface area contributed by atoms with E-state index in [-0.39, 0.29) is 0 Å². The highest BCUT2D eigenvalue weighted by Crippen LogP contribution is 2.64. The predicted octanol–water partition coefficient (Wildman–Crippen LogP) is 15.8. The van der Waals surface area contributed by atoms with Crippen LogP contribution in [0.15, 0.2) is 182 Å². The molecule has 0 radical (unpaired) electrons. The molecule has 59 heavy (non-hydrogen) atoms. The Labute approximate surface area is 342 Å². The second-order valence-corrected chi connectivity index (χ2v) is 17.3. The second kappa shape index (κ2) is 11.0. The Balaban J connectivity index is 1.06. The SMILES string of the molecule is Cc1ccc2c(c1)-c1cc(C)ccc1C21c2cc(-c3ccc4ccc5cccc6ccc3c4c56)ccc2-c2ccc(-c3ccc4ccc5cccc6ccc3c4c56)cc21. The van der Waals surface area contributed by atoms with Crippen molar-refractivity contribution in [2.75, 3.05) is 0 Å². The first-order chi connectivity index (χ1) is 29.0. The average Bonchev–Trinajstić information content (AvgIpc) is 3.72. The van der Waals surface area contributed by atoms with Gasteiger partial charge in [0.2, 0.25) is 0 Å². The molecule has 272 valence electrons. The van der Waals surface area contributed by atoms with Crippen molar-refractivity contribution in [2.24, 2.45) is 0 Å². The lowest BCUT2D eigenvalue weighted by atomic mass is 9.69. The van der Waals surface area contributed by atoms with Crippen LogP contribution in [-0.4, -0.2) is 0 Å². The van der Waals surface area contributed by atoms with Crippen molar-refractivity contribution in [2.45, 2.75) is 19.3 Å². The van der Waals surface area contributed by atoms with E-state index in [0.717, 1.165) is 0 Å². The lowest BCUT2D eigenvalue weighted by Crippen LogP contribution is -2.26. The van der Waals surface area contributed by atoms with Crippen LogP contribution < -0.4 is 0 Å². The summed E-state index contributed by atoms with van der Waals surface area (Å²) in [4.78, 5) is 0. The van der Waals surface area contributed by atoms with Crippen molar-refractivity contribution in [3.63, 3.8) is 0 Å². The molecule has 0 aliphatic heterocycles. The van der Waals surface area contributed by atoms with E-state index in [1.54, 1.807) is 0 Å². The fourth-order valence-electron chi connectivity index (χ4n) is 11.8. The molecule has 0 saturated heterocycles. The van der Waals surface area contributed by atoms with E-state index in [1.807, 2.05) is 0 Å². The lowest BCUT2D eigenvalue weighted by Gasteiger charge is -2.31. The number of hydrogen-bond acceptors (Lipinski definition) is 0. The van der Waals surface area contributed by atoms with E-state index in [2.05, 4.69) is 196 Å². The number of benzene rings is 12. The van der Waals surface area contributed by atoms with Gasteiger partial charge in [-0.1, -0.05) is 181 Å². The van der Waals surface area contributed by atoms with E-state index in [0.29, 0.717) is 0 Å². The zero-order valence-electron chi connectivity index (χ0n) is 32.8. The van der Waals surface area contributed by atoms with Gasteiger partial charge >= 0.3 is 0 Å². The molecule has 0 amide bonds. The van der Waals surface area contributed by atoms with Crippen LogP contribution in [0.1, 0.15) is 33.4 Å². The van der Waals surface area contributed by atoms with Crippen LogP contribution in [0.25, 0.3) is 109 Å². The van der Waals surface area contributed by atoms with Crippen molar-refractivity contribution in [1.29, 1.82) is 0 Å². The molecule has 0 heteroatoms. The molecule has 0 unspecified atom stereocenters. The van der Waals surface area contributed by atoms with Gasteiger partial charge < -0.3 is 0 Å². The van der Waals surface area contributed by atoms with Crippen molar-refractivity contribution in [3.8, 4) is 44.5 Å². The standard InChI is InChI=1S/C59H36/c1-33-9-27-51-49(29-33)50-30-34(2)10-28-52(50)59(51)53-31-41(43-21-15-39-13-11-35-5-3-7-37-17-25-47(43)57(39)55(35)37)19-23-45(53)46-24-20-42(32-54(46)59)44-22-16-40-14-12-36-6-4-8-38-18-26-48(44)58(40)56(36)38/h3-32H,1-2H3. The van der Waals surface area contributed by atoms with E-state index in [9.17, 15) is 0 Å². The minimum atomic E-state index is -0.476. The zero-order valence-corrected chi connectivity index (χ0v) is 32.8. The molecule has 0 aromatic heterocycles. The number of fused-ring (bicyclic) bond motifs is 10. The van der Waals surface area contributed by atoms with Gasteiger partial charge in [-0.05, 0) is 157 Å². The summed E-state index contributed by atoms with van der Waals surface area (Å²) in [6, 6.07) is 70.3. The summed E-state index contributed by atoms with van der Waals surface area (Å²) in [5.41, 5.74) is 18.0. The third-order valence-corrected chi connectivity index (χ3v) is 14.3. The molecule has 14 rings (SSSR count). The minimum Gasteiger partial charge on any atom is -0.0610 e. The summed E-state index contributed by atoms with van der Waals surface area (Å²) in [6.07, 6.45) is 0. The topological polar surface area (TPSA) is 0 Å². The van der Waals surface area contributed by atoms with Crippen molar-refractivity contribution < 1.29 is 0 Å². The predicted molar refractivity (Wildman–Crippen MR) is 250 cm³/mol. The Bertz CT molecular complexity index is 3520. The van der Waals surface area contributed by atoms with Crippen molar-refractivity contribution in [1.82, 2.24) is 0 Å². The Morgan fingerprint density at radius 3 is 1.08 bits per heavy atom. The maximum absolute atomic E-state index is 2.55. The summed E-state index contributed by atoms with van der Waals surface area (Å²) in [5.74, 6) is 0. The zero-order chi connectivity index (χ0) is 38.7. The van der Waals surface area contributed by atoms with Crippen molar-refractivity contribution in [3.05, 3.63) is 215 Å². The van der Waals surface area contributed by atoms with E-state index in [4.69, 9.17) is 0 Å². The first-order valence-corrected chi connectivity index (χ1v) is 20.9. The Kier molecular flexibility index (Phi) is 5.93. The maximum atomic E-state index is 2.55. The van der Waals surface area contributed by atoms with Gasteiger partial charge in [-0.2, -0.15) is 0 Å². The molecule has 0 nitrogen and oxygen atoms in total. The molecular weight excluding hydrogens is 709 g/mol. The number of rotatable bonds is 2. The summed E-state index contributed by atoms with van der Waals surface area (Å²) >= 11 is 0. The summed E-state index contributed by atoms with van der Waals surface area (Å²) in [5, 5.41) is 15.8. The normalized spacial score (nSPS) is 13.7. The van der Waals surface area contributed by atoms with Crippen LogP contribution in [0.5, 0.6) is 0 Å². The van der Waals surface area contributed by atoms with E-state index >= 15 is 0 Å². The van der Waals surface area contributed by atoms with Crippen molar-refractivity contribution >= 4 is 64.6 Å². The van der Waals surface area contributed by atoms with E-state index < -0.39 is 5.41 Å². The first-order valence-electron chi connectivity index (χ1n) is 20.9. The Morgan fingerprint density at radius 1 is 0.271 bits per heavy atom. The third-order valence-electron chi connectivity index (χ3n) is 14.3. The Morgan fingerprint density at radius 2 is 0.644 bits per heavy atom. The minimum absolute atomic E-state index is 0.476. The molecule has 2 aliphatic rings. The number of hydrogen-bond donors (Lipinski definition) is 0. The first kappa shape index (κ1) is 31.8. The molecule has 0 fully saturated rings. The maximum Gasteiger partial charge on any atom is 0.0725 e. The molecule has 1 spiro atoms. The molecule has 0 N–H and O–H groups in total. The monoisotopic (exact) mass is 744 g/mol. The highest BCUT2D eigenvalue weighted by molar-refractivity contribution is 6.27. The van der Waals surface area contributed by atoms with Gasteiger partial charge in [0.15, 0.2) is 0 Å². The fourth-order valence-corrected chi connectivity index (χ4v) is 11.8. The second-order valence-electron chi connectivity index (χ2n) is 17.3. The lowest BCUT2D eigenvalue weighted by molar-refractivity contribution is 0.794. The Hall–Kier alpha value is -7.28. The molecule has 12 aromatic rings. The molecule has 0 heterocycles. The summed E-state index contributed by atoms with van der Waals surface area (Å²) in [7, 11) is 0. The van der Waals surface area contributed by atoms with Gasteiger partial charge in [0, 0.05) is 0 Å².